The minimum Gasteiger partial charge on any atom is -0.481 e. The zero-order chi connectivity index (χ0) is 13.4. The van der Waals surface area contributed by atoms with Crippen LogP contribution in [0.2, 0.25) is 0 Å². The molecule has 2 nitrogen and oxygen atoms in total. The smallest absolute Gasteiger partial charge is 0.149 e. The number of rotatable bonds is 6. The lowest BCUT2D eigenvalue weighted by atomic mass is 10.1. The Morgan fingerprint density at radius 3 is 2.83 bits per heavy atom. The van der Waals surface area contributed by atoms with Crippen LogP contribution in [0.4, 0.5) is 4.39 Å². The first kappa shape index (κ1) is 14.5. The molecule has 18 heavy (non-hydrogen) atoms. The van der Waals surface area contributed by atoms with E-state index in [4.69, 9.17) is 4.74 Å². The molecule has 1 unspecified atom stereocenters. The zero-order valence-corrected chi connectivity index (χ0v) is 11.2. The van der Waals surface area contributed by atoms with E-state index in [1.54, 1.807) is 19.1 Å². The number of benzene rings is 1. The van der Waals surface area contributed by atoms with Crippen molar-refractivity contribution in [3.8, 4) is 17.6 Å². The normalized spacial score (nSPS) is 11.6. The van der Waals surface area contributed by atoms with E-state index in [0.717, 1.165) is 13.0 Å². The molecule has 0 spiro atoms. The minimum absolute atomic E-state index is 0.00873. The summed E-state index contributed by atoms with van der Waals surface area (Å²) in [6.45, 7) is 6.96. The minimum atomic E-state index is -0.243. The Morgan fingerprint density at radius 2 is 2.22 bits per heavy atom. The molecular weight excluding hydrogens is 229 g/mol. The predicted octanol–water partition coefficient (Wildman–Crippen LogP) is 3.29. The van der Waals surface area contributed by atoms with Crippen molar-refractivity contribution in [2.24, 2.45) is 0 Å². The summed E-state index contributed by atoms with van der Waals surface area (Å²) in [4.78, 5) is 0. The number of hydrogen-bond acceptors (Lipinski definition) is 2. The first-order chi connectivity index (χ1) is 8.69. The highest BCUT2D eigenvalue weighted by molar-refractivity contribution is 5.31. The van der Waals surface area contributed by atoms with Gasteiger partial charge in [-0.2, -0.15) is 0 Å². The third kappa shape index (κ3) is 4.38. The molecule has 1 atom stereocenters. The summed E-state index contributed by atoms with van der Waals surface area (Å²) in [7, 11) is 0. The molecular formula is C15H20FNO. The third-order valence-electron chi connectivity index (χ3n) is 2.63. The molecule has 0 bridgehead atoms. The van der Waals surface area contributed by atoms with Gasteiger partial charge >= 0.3 is 0 Å². The van der Waals surface area contributed by atoms with Gasteiger partial charge in [-0.15, -0.1) is 5.92 Å². The van der Waals surface area contributed by atoms with Crippen molar-refractivity contribution in [1.82, 2.24) is 5.32 Å². The molecule has 1 N–H and O–H groups in total. The Kier molecular flexibility index (Phi) is 6.24. The van der Waals surface area contributed by atoms with Crippen LogP contribution in [0.5, 0.6) is 5.75 Å². The largest absolute Gasteiger partial charge is 0.481 e. The lowest BCUT2D eigenvalue weighted by molar-refractivity contribution is 0.367. The maximum absolute atomic E-state index is 13.9. The van der Waals surface area contributed by atoms with Gasteiger partial charge in [-0.1, -0.05) is 18.9 Å². The summed E-state index contributed by atoms with van der Waals surface area (Å²) in [5.74, 6) is 5.77. The molecule has 1 aromatic rings. The van der Waals surface area contributed by atoms with Crippen LogP contribution in [0, 0.1) is 17.7 Å². The predicted molar refractivity (Wildman–Crippen MR) is 72.1 cm³/mol. The fourth-order valence-electron chi connectivity index (χ4n) is 1.61. The molecule has 0 heterocycles. The van der Waals surface area contributed by atoms with E-state index in [9.17, 15) is 4.39 Å². The first-order valence-corrected chi connectivity index (χ1v) is 6.24. The highest BCUT2D eigenvalue weighted by atomic mass is 19.1. The van der Waals surface area contributed by atoms with Crippen LogP contribution < -0.4 is 10.1 Å². The number of nitrogens with one attached hydrogen (secondary N) is 1. The van der Waals surface area contributed by atoms with E-state index in [0.29, 0.717) is 17.9 Å². The highest BCUT2D eigenvalue weighted by Gasteiger charge is 2.10. The number of hydrogen-bond donors (Lipinski definition) is 1. The number of halogens is 1. The van der Waals surface area contributed by atoms with Gasteiger partial charge in [0.05, 0.1) is 0 Å². The Balaban J connectivity index is 2.68. The molecule has 98 valence electrons. The molecule has 0 saturated heterocycles. The highest BCUT2D eigenvalue weighted by Crippen LogP contribution is 2.21. The third-order valence-corrected chi connectivity index (χ3v) is 2.63. The second-order valence-electron chi connectivity index (χ2n) is 4.07. The van der Waals surface area contributed by atoms with Crippen LogP contribution in [0.25, 0.3) is 0 Å². The zero-order valence-electron chi connectivity index (χ0n) is 11.2. The second kappa shape index (κ2) is 7.73. The summed E-state index contributed by atoms with van der Waals surface area (Å²) in [5, 5.41) is 3.26. The number of ether oxygens (including phenoxy) is 1. The topological polar surface area (TPSA) is 21.3 Å². The molecule has 0 radical (unpaired) electrons. The SMILES string of the molecule is CC#CCOc1ccc(C(C)NCCC)c(F)c1. The molecule has 0 aromatic heterocycles. The summed E-state index contributed by atoms with van der Waals surface area (Å²) >= 11 is 0. The molecule has 0 aliphatic carbocycles. The summed E-state index contributed by atoms with van der Waals surface area (Å²) in [5.41, 5.74) is 0.664. The van der Waals surface area contributed by atoms with Gasteiger partial charge in [-0.25, -0.2) is 4.39 Å². The summed E-state index contributed by atoms with van der Waals surface area (Å²) < 4.78 is 19.2. The maximum atomic E-state index is 13.9. The monoisotopic (exact) mass is 249 g/mol. The van der Waals surface area contributed by atoms with E-state index in [2.05, 4.69) is 24.1 Å². The van der Waals surface area contributed by atoms with Gasteiger partial charge in [-0.3, -0.25) is 0 Å². The standard InChI is InChI=1S/C15H20FNO/c1-4-6-10-18-13-7-8-14(15(16)11-13)12(3)17-9-5-2/h7-8,11-12,17H,5,9-10H2,1-3H3. The lowest BCUT2D eigenvalue weighted by Gasteiger charge is -2.15. The maximum Gasteiger partial charge on any atom is 0.149 e. The molecule has 0 amide bonds. The van der Waals surface area contributed by atoms with Crippen LogP contribution in [0.15, 0.2) is 18.2 Å². The Hall–Kier alpha value is -1.53. The van der Waals surface area contributed by atoms with E-state index < -0.39 is 0 Å². The van der Waals surface area contributed by atoms with E-state index >= 15 is 0 Å². The summed E-state index contributed by atoms with van der Waals surface area (Å²) in [6.07, 6.45) is 1.03. The van der Waals surface area contributed by atoms with Crippen LogP contribution in [0.1, 0.15) is 38.8 Å². The first-order valence-electron chi connectivity index (χ1n) is 6.24. The van der Waals surface area contributed by atoms with E-state index in [1.807, 2.05) is 6.92 Å². The van der Waals surface area contributed by atoms with E-state index in [1.165, 1.54) is 6.07 Å². The average Bonchev–Trinajstić information content (AvgIpc) is 2.36. The Morgan fingerprint density at radius 1 is 1.44 bits per heavy atom. The van der Waals surface area contributed by atoms with Gasteiger partial charge < -0.3 is 10.1 Å². The van der Waals surface area contributed by atoms with Crippen LogP contribution in [0.3, 0.4) is 0 Å². The van der Waals surface area contributed by atoms with Crippen LogP contribution in [-0.4, -0.2) is 13.2 Å². The average molecular weight is 249 g/mol. The molecule has 0 aliphatic rings. The molecule has 0 fully saturated rings. The molecule has 3 heteroatoms. The fraction of sp³-hybridized carbons (Fsp3) is 0.467. The van der Waals surface area contributed by atoms with Crippen molar-refractivity contribution >= 4 is 0 Å². The van der Waals surface area contributed by atoms with Crippen molar-refractivity contribution in [1.29, 1.82) is 0 Å². The fourth-order valence-corrected chi connectivity index (χ4v) is 1.61. The van der Waals surface area contributed by atoms with Gasteiger partial charge in [-0.05, 0) is 32.9 Å². The van der Waals surface area contributed by atoms with Gasteiger partial charge in [0.25, 0.3) is 0 Å². The molecule has 0 aliphatic heterocycles. The molecule has 1 aromatic carbocycles. The second-order valence-corrected chi connectivity index (χ2v) is 4.07. The quantitative estimate of drug-likeness (QED) is 0.781. The molecule has 1 rings (SSSR count). The van der Waals surface area contributed by atoms with Gasteiger partial charge in [0, 0.05) is 17.7 Å². The van der Waals surface area contributed by atoms with Crippen molar-refractivity contribution in [3.05, 3.63) is 29.6 Å². The van der Waals surface area contributed by atoms with Crippen molar-refractivity contribution in [2.75, 3.05) is 13.2 Å². The van der Waals surface area contributed by atoms with E-state index in [-0.39, 0.29) is 11.9 Å². The van der Waals surface area contributed by atoms with Gasteiger partial charge in [0.2, 0.25) is 0 Å². The lowest BCUT2D eigenvalue weighted by Crippen LogP contribution is -2.20. The van der Waals surface area contributed by atoms with Crippen molar-refractivity contribution in [3.63, 3.8) is 0 Å². The van der Waals surface area contributed by atoms with Crippen LogP contribution >= 0.6 is 0 Å². The van der Waals surface area contributed by atoms with Crippen LogP contribution in [-0.2, 0) is 0 Å². The van der Waals surface area contributed by atoms with Crippen molar-refractivity contribution in [2.45, 2.75) is 33.2 Å². The Labute approximate surface area is 109 Å². The molecule has 0 saturated carbocycles. The summed E-state index contributed by atoms with van der Waals surface area (Å²) in [6, 6.07) is 4.96. The van der Waals surface area contributed by atoms with Crippen molar-refractivity contribution < 1.29 is 9.13 Å². The Bertz CT molecular complexity index is 434. The van der Waals surface area contributed by atoms with Gasteiger partial charge in [0.15, 0.2) is 0 Å². The van der Waals surface area contributed by atoms with Gasteiger partial charge in [0.1, 0.15) is 18.2 Å².